The van der Waals surface area contributed by atoms with E-state index in [1.54, 1.807) is 50.2 Å². The molecule has 5 aromatic rings. The zero-order valence-corrected chi connectivity index (χ0v) is 58.7. The number of benzene rings is 4. The maximum absolute atomic E-state index is 14.9. The lowest BCUT2D eigenvalue weighted by atomic mass is 10.00. The number of hydrogen-bond acceptors (Lipinski definition) is 17. The summed E-state index contributed by atoms with van der Waals surface area (Å²) in [6.07, 6.45) is 3.27. The molecule has 1 fully saturated rings. The lowest BCUT2D eigenvalue weighted by molar-refractivity contribution is -0.144. The summed E-state index contributed by atoms with van der Waals surface area (Å²) >= 11 is 6.21. The highest BCUT2D eigenvalue weighted by atomic mass is 35.5. The van der Waals surface area contributed by atoms with Gasteiger partial charge in [0.15, 0.2) is 0 Å². The van der Waals surface area contributed by atoms with Crippen LogP contribution >= 0.6 is 11.6 Å². The Labute approximate surface area is 592 Å². The van der Waals surface area contributed by atoms with Gasteiger partial charge in [0.1, 0.15) is 60.1 Å². The molecular weight excluding hydrogens is 1320 g/mol. The van der Waals surface area contributed by atoms with E-state index in [0.29, 0.717) is 47.5 Å². The summed E-state index contributed by atoms with van der Waals surface area (Å²) in [6.45, 7) is 9.64. The maximum Gasteiger partial charge on any atom is 0.248 e. The quantitative estimate of drug-likeness (QED) is 0.0248. The molecule has 1 aliphatic rings. The molecule has 2 heterocycles. The van der Waals surface area contributed by atoms with E-state index in [1.165, 1.54) is 55.5 Å². The van der Waals surface area contributed by atoms with Gasteiger partial charge in [-0.1, -0.05) is 112 Å². The fourth-order valence-corrected chi connectivity index (χ4v) is 11.7. The first-order valence-electron chi connectivity index (χ1n) is 33.8. The van der Waals surface area contributed by atoms with Gasteiger partial charge in [-0.05, 0) is 128 Å². The number of likely N-dealkylation sites (tertiary alicyclic amines) is 1. The van der Waals surface area contributed by atoms with Gasteiger partial charge in [0, 0.05) is 63.2 Å². The number of imide groups is 1. The minimum atomic E-state index is -1.83. The predicted octanol–water partition coefficient (Wildman–Crippen LogP) is 1.17. The fourth-order valence-electron chi connectivity index (χ4n) is 11.6. The van der Waals surface area contributed by atoms with Crippen molar-refractivity contribution in [2.45, 2.75) is 179 Å². The van der Waals surface area contributed by atoms with Crippen LogP contribution in [0.5, 0.6) is 5.75 Å². The first-order valence-corrected chi connectivity index (χ1v) is 34.2. The number of halogens is 1. The van der Waals surface area contributed by atoms with Crippen molar-refractivity contribution in [1.29, 1.82) is 0 Å². The molecular formula is C72H95ClN14O14. The summed E-state index contributed by atoms with van der Waals surface area (Å²) < 4.78 is 0. The number of primary amides is 1. The fraction of sp³-hybridized carbons (Fsp3) is 0.458. The van der Waals surface area contributed by atoms with Gasteiger partial charge in [-0.15, -0.1) is 0 Å². The number of nitrogens with two attached hydrogens (primary N) is 2. The Hall–Kier alpha value is -9.90. The minimum Gasteiger partial charge on any atom is -0.508 e. The number of likely N-dealkylation sites (N-methyl/N-ethyl adjacent to an activating group) is 1. The van der Waals surface area contributed by atoms with Crippen LogP contribution in [0.15, 0.2) is 116 Å². The van der Waals surface area contributed by atoms with Crippen LogP contribution in [0.25, 0.3) is 10.8 Å². The minimum absolute atomic E-state index is 0.0344. The predicted molar refractivity (Wildman–Crippen MR) is 377 cm³/mol. The number of phenols is 1. The van der Waals surface area contributed by atoms with Crippen LogP contribution in [0, 0.1) is 5.92 Å². The van der Waals surface area contributed by atoms with Gasteiger partial charge in [0.05, 0.1) is 19.1 Å². The number of hydrogen-bond donors (Lipinski definition) is 13. The highest BCUT2D eigenvalue weighted by Crippen LogP contribution is 2.23. The molecule has 1 aromatic heterocycles. The average molecular weight is 1420 g/mol. The molecule has 1 saturated heterocycles. The Morgan fingerprint density at radius 3 is 1.82 bits per heavy atom. The Balaban J connectivity index is 1.23. The average Bonchev–Trinajstić information content (AvgIpc) is 1.82. The number of fused-ring (bicyclic) bond motifs is 1. The van der Waals surface area contributed by atoms with Gasteiger partial charge in [-0.3, -0.25) is 67.8 Å². The highest BCUT2D eigenvalue weighted by molar-refractivity contribution is 6.30. The summed E-state index contributed by atoms with van der Waals surface area (Å²) in [5.41, 5.74) is 14.4. The second kappa shape index (κ2) is 39.2. The van der Waals surface area contributed by atoms with Crippen LogP contribution in [0.2, 0.25) is 5.02 Å². The van der Waals surface area contributed by atoms with E-state index in [9.17, 15) is 67.7 Å². The van der Waals surface area contributed by atoms with E-state index in [4.69, 9.17) is 23.1 Å². The van der Waals surface area contributed by atoms with Crippen molar-refractivity contribution >= 4 is 93.3 Å². The van der Waals surface area contributed by atoms with E-state index in [0.717, 1.165) is 28.2 Å². The number of unbranched alkanes of at least 4 members (excludes halogenated alkanes) is 1. The number of amides is 12. The molecule has 1 aliphatic heterocycles. The van der Waals surface area contributed by atoms with Crippen LogP contribution < -0.4 is 59.3 Å². The van der Waals surface area contributed by atoms with E-state index in [-0.39, 0.29) is 69.2 Å². The number of aliphatic hydroxyl groups is 1. The van der Waals surface area contributed by atoms with Crippen molar-refractivity contribution in [3.8, 4) is 5.75 Å². The second-order valence-electron chi connectivity index (χ2n) is 26.1. The lowest BCUT2D eigenvalue weighted by Gasteiger charge is -2.32. The van der Waals surface area contributed by atoms with Crippen molar-refractivity contribution < 1.29 is 67.7 Å². The smallest absolute Gasteiger partial charge is 0.248 e. The topological polar surface area (TPSA) is 425 Å². The van der Waals surface area contributed by atoms with E-state index in [1.807, 2.05) is 56.3 Å². The van der Waals surface area contributed by atoms with E-state index < -0.39 is 144 Å². The number of carbonyl (C=O) groups excluding carboxylic acids is 12. The Morgan fingerprint density at radius 2 is 1.20 bits per heavy atom. The standard InChI is InChI=1S/C72H95ClN14O14/c1-41(2)32-55(65(94)80-54(17-10-11-30-77-42(3)4)72(101)87-31-13-18-60(87)69(98)78-43(5)63(92)79-44(6)89)82-68(97)58(38-62(75)91)84-70(99)61(37-46-22-27-52(90)28-23-46)86(7)71(100)59(40-88)85-67(96)57(36-48-14-12-29-76-39-48)83-66(95)56(35-45-20-25-51(73)26-21-45)81-64(93)53(74)34-47-19-24-49-15-8-9-16-50(49)33-47/h8-9,12,14-16,19-29,33,39,41-43,53-61,77,88,90H,10-11,13,17-18,30-32,34-38,40,74H2,1-7H3,(H2,75,91)(H,78,98)(H,80,94)(H,81,93)(H,82,97)(H,83,95)(H,84,99)(H,85,96)(H,79,89,92)/t43-,53-,54+,55+,56-,57-,58-,59+,60+,61+/m1/s1. The van der Waals surface area contributed by atoms with Crippen molar-refractivity contribution in [2.24, 2.45) is 17.4 Å². The number of aromatic nitrogens is 1. The normalized spacial score (nSPS) is 15.4. The molecule has 10 atom stereocenters. The molecule has 0 spiro atoms. The van der Waals surface area contributed by atoms with E-state index >= 15 is 0 Å². The third-order valence-corrected chi connectivity index (χ3v) is 17.3. The molecule has 0 aliphatic carbocycles. The summed E-state index contributed by atoms with van der Waals surface area (Å²) in [4.78, 5) is 174. The molecule has 6 rings (SSSR count). The molecule has 29 heteroatoms. The highest BCUT2D eigenvalue weighted by Gasteiger charge is 2.41. The van der Waals surface area contributed by atoms with Crippen molar-refractivity contribution in [3.05, 3.63) is 143 Å². The molecule has 28 nitrogen and oxygen atoms in total. The summed E-state index contributed by atoms with van der Waals surface area (Å²) in [7, 11) is 1.18. The maximum atomic E-state index is 14.9. The Morgan fingerprint density at radius 1 is 0.624 bits per heavy atom. The summed E-state index contributed by atoms with van der Waals surface area (Å²) in [5.74, 6) is -10.7. The van der Waals surface area contributed by atoms with Gasteiger partial charge in [0.2, 0.25) is 70.9 Å². The zero-order valence-electron chi connectivity index (χ0n) is 58.0. The number of nitrogens with one attached hydrogen (secondary N) is 9. The molecule has 0 saturated carbocycles. The summed E-state index contributed by atoms with van der Waals surface area (Å²) in [6, 6.07) is 14.7. The monoisotopic (exact) mass is 1410 g/mol. The first kappa shape index (κ1) is 80.1. The number of carbonyl (C=O) groups is 12. The molecule has 0 bridgehead atoms. The number of pyridine rings is 1. The Kier molecular flexibility index (Phi) is 31.1. The Bertz CT molecular complexity index is 3700. The van der Waals surface area contributed by atoms with Crippen LogP contribution in [0.4, 0.5) is 0 Å². The lowest BCUT2D eigenvalue weighted by Crippen LogP contribution is -2.62. The van der Waals surface area contributed by atoms with Crippen LogP contribution in [0.1, 0.15) is 109 Å². The SMILES string of the molecule is CC(=O)NC(=O)[C@@H](C)NC(=O)[C@@H]1CCCN1C(=O)[C@H](CCCCNC(C)C)NC(=O)[C@H](CC(C)C)NC(=O)[C@@H](CC(N)=O)NC(=O)[C@H](Cc1ccc(O)cc1)N(C)C(=O)[C@H](CO)NC(=O)[C@@H](Cc1cccnc1)NC(=O)[C@@H](Cc1ccc(Cl)cc1)NC(=O)[C@H](N)Cc1ccc2ccccc2c1. The van der Waals surface area contributed by atoms with Crippen molar-refractivity contribution in [3.63, 3.8) is 0 Å². The number of aliphatic hydroxyl groups excluding tert-OH is 1. The molecule has 0 radical (unpaired) electrons. The number of phenolic OH excluding ortho intramolecular Hbond substituents is 1. The molecule has 12 amide bonds. The van der Waals surface area contributed by atoms with Crippen LogP contribution in [-0.4, -0.2) is 189 Å². The zero-order chi connectivity index (χ0) is 74.0. The molecule has 0 unspecified atom stereocenters. The first-order chi connectivity index (χ1) is 48.0. The third kappa shape index (κ3) is 25.3. The van der Waals surface area contributed by atoms with Gasteiger partial charge in [-0.2, -0.15) is 0 Å². The molecule has 4 aromatic carbocycles. The van der Waals surface area contributed by atoms with Gasteiger partial charge < -0.3 is 74.0 Å². The molecule has 101 heavy (non-hydrogen) atoms. The number of rotatable bonds is 37. The van der Waals surface area contributed by atoms with Crippen molar-refractivity contribution in [1.82, 2.24) is 62.6 Å². The van der Waals surface area contributed by atoms with Crippen molar-refractivity contribution in [2.75, 3.05) is 26.7 Å². The largest absolute Gasteiger partial charge is 0.508 e. The molecule has 544 valence electrons. The van der Waals surface area contributed by atoms with Gasteiger partial charge in [-0.25, -0.2) is 0 Å². The van der Waals surface area contributed by atoms with E-state index in [2.05, 4.69) is 52.8 Å². The van der Waals surface area contributed by atoms with Gasteiger partial charge >= 0.3 is 0 Å². The van der Waals surface area contributed by atoms with Crippen LogP contribution in [-0.2, 0) is 83.2 Å². The number of aromatic hydroxyl groups is 1. The summed E-state index contributed by atoms with van der Waals surface area (Å²) in [5, 5.41) is 47.4. The third-order valence-electron chi connectivity index (χ3n) is 17.0. The molecule has 15 N–H and O–H groups in total. The van der Waals surface area contributed by atoms with Crippen LogP contribution in [0.3, 0.4) is 0 Å². The number of nitrogens with zero attached hydrogens (tertiary/aromatic N) is 3. The second-order valence-corrected chi connectivity index (χ2v) is 26.6. The van der Waals surface area contributed by atoms with Gasteiger partial charge in [0.25, 0.3) is 0 Å².